The van der Waals surface area contributed by atoms with Crippen LogP contribution in [-0.2, 0) is 6.42 Å². The maximum absolute atomic E-state index is 4.62. The third-order valence-electron chi connectivity index (χ3n) is 2.74. The minimum atomic E-state index is 0.579. The average Bonchev–Trinajstić information content (AvgIpc) is 2.45. The quantitative estimate of drug-likeness (QED) is 0.825. The summed E-state index contributed by atoms with van der Waals surface area (Å²) in [6.07, 6.45) is 2.30. The Bertz CT molecular complexity index is 298. The normalized spacial score (nSPS) is 13.4. The maximum Gasteiger partial charge on any atom is 0.0946 e. The van der Waals surface area contributed by atoms with Gasteiger partial charge < -0.3 is 5.32 Å². The molecule has 1 unspecified atom stereocenters. The van der Waals surface area contributed by atoms with Gasteiger partial charge in [-0.1, -0.05) is 20.8 Å². The molecule has 1 aromatic rings. The van der Waals surface area contributed by atoms with Gasteiger partial charge in [-0.15, -0.1) is 11.3 Å². The van der Waals surface area contributed by atoms with Crippen LogP contribution in [-0.4, -0.2) is 17.6 Å². The first kappa shape index (κ1) is 13.7. The minimum Gasteiger partial charge on any atom is -0.314 e. The molecule has 0 aliphatic rings. The summed E-state index contributed by atoms with van der Waals surface area (Å²) in [7, 11) is 0. The van der Waals surface area contributed by atoms with Crippen molar-refractivity contribution in [3.63, 3.8) is 0 Å². The fraction of sp³-hybridized carbons (Fsp3) is 0.769. The maximum atomic E-state index is 4.62. The highest BCUT2D eigenvalue weighted by Crippen LogP contribution is 2.19. The molecule has 1 rings (SSSR count). The van der Waals surface area contributed by atoms with Crippen LogP contribution in [0.25, 0.3) is 0 Å². The van der Waals surface area contributed by atoms with Crippen molar-refractivity contribution in [2.75, 3.05) is 6.54 Å². The van der Waals surface area contributed by atoms with Crippen LogP contribution in [0.2, 0.25) is 0 Å². The van der Waals surface area contributed by atoms with Gasteiger partial charge in [0.05, 0.1) is 10.7 Å². The molecule has 0 spiro atoms. The summed E-state index contributed by atoms with van der Waals surface area (Å²) in [4.78, 5) is 5.97. The highest BCUT2D eigenvalue weighted by atomic mass is 32.1. The predicted octanol–water partition coefficient (Wildman–Crippen LogP) is 3.33. The van der Waals surface area contributed by atoms with Gasteiger partial charge in [0.25, 0.3) is 0 Å². The van der Waals surface area contributed by atoms with Gasteiger partial charge in [0.2, 0.25) is 0 Å². The summed E-state index contributed by atoms with van der Waals surface area (Å²) >= 11 is 1.84. The van der Waals surface area contributed by atoms with Crippen molar-refractivity contribution >= 4 is 11.3 Å². The zero-order valence-corrected chi connectivity index (χ0v) is 11.9. The topological polar surface area (TPSA) is 24.9 Å². The number of nitrogens with zero attached hydrogens (tertiary/aromatic N) is 1. The molecule has 1 aromatic heterocycles. The van der Waals surface area contributed by atoms with Crippen molar-refractivity contribution in [1.29, 1.82) is 0 Å². The zero-order valence-electron chi connectivity index (χ0n) is 11.1. The lowest BCUT2D eigenvalue weighted by Crippen LogP contribution is -2.32. The molecular formula is C13H24N2S. The Labute approximate surface area is 103 Å². The number of thiazole rings is 1. The standard InChI is InChI=1S/C13H24N2S/c1-6-14-12(7-9(2)3)8-13-15-10(4)11(5)16-13/h9,12,14H,6-8H2,1-5H3. The zero-order chi connectivity index (χ0) is 12.1. The molecule has 0 saturated carbocycles. The van der Waals surface area contributed by atoms with Gasteiger partial charge in [0, 0.05) is 17.3 Å². The number of hydrogen-bond acceptors (Lipinski definition) is 3. The fourth-order valence-electron chi connectivity index (χ4n) is 1.93. The van der Waals surface area contributed by atoms with Crippen LogP contribution < -0.4 is 5.32 Å². The first-order chi connectivity index (χ1) is 7.52. The van der Waals surface area contributed by atoms with E-state index in [0.29, 0.717) is 6.04 Å². The summed E-state index contributed by atoms with van der Waals surface area (Å²) in [6.45, 7) is 12.0. The lowest BCUT2D eigenvalue weighted by Gasteiger charge is -2.18. The Hall–Kier alpha value is -0.410. The van der Waals surface area contributed by atoms with E-state index in [2.05, 4.69) is 44.9 Å². The van der Waals surface area contributed by atoms with E-state index in [1.54, 1.807) is 0 Å². The van der Waals surface area contributed by atoms with Crippen molar-refractivity contribution < 1.29 is 0 Å². The molecule has 1 heterocycles. The van der Waals surface area contributed by atoms with Gasteiger partial charge in [-0.25, -0.2) is 4.98 Å². The van der Waals surface area contributed by atoms with E-state index in [4.69, 9.17) is 0 Å². The molecule has 1 atom stereocenters. The van der Waals surface area contributed by atoms with Crippen LogP contribution in [0.3, 0.4) is 0 Å². The third kappa shape index (κ3) is 4.22. The molecule has 0 aliphatic heterocycles. The molecule has 0 bridgehead atoms. The molecule has 2 nitrogen and oxygen atoms in total. The summed E-state index contributed by atoms with van der Waals surface area (Å²) in [5, 5.41) is 4.84. The van der Waals surface area contributed by atoms with Crippen molar-refractivity contribution in [3.8, 4) is 0 Å². The molecule has 0 aromatic carbocycles. The lowest BCUT2D eigenvalue weighted by atomic mass is 10.0. The van der Waals surface area contributed by atoms with Crippen molar-refractivity contribution in [2.45, 2.75) is 53.5 Å². The second-order valence-electron chi connectivity index (χ2n) is 4.84. The summed E-state index contributed by atoms with van der Waals surface area (Å²) in [5.74, 6) is 0.742. The van der Waals surface area contributed by atoms with Gasteiger partial charge in [0.1, 0.15) is 0 Å². The molecular weight excluding hydrogens is 216 g/mol. The number of aromatic nitrogens is 1. The van der Waals surface area contributed by atoms with E-state index >= 15 is 0 Å². The van der Waals surface area contributed by atoms with Crippen molar-refractivity contribution in [3.05, 3.63) is 15.6 Å². The Balaban J connectivity index is 2.59. The highest BCUT2D eigenvalue weighted by molar-refractivity contribution is 7.11. The van der Waals surface area contributed by atoms with Crippen LogP contribution >= 0.6 is 11.3 Å². The molecule has 3 heteroatoms. The monoisotopic (exact) mass is 240 g/mol. The van der Waals surface area contributed by atoms with E-state index in [0.717, 1.165) is 18.9 Å². The largest absolute Gasteiger partial charge is 0.314 e. The van der Waals surface area contributed by atoms with Gasteiger partial charge in [0.15, 0.2) is 0 Å². The number of hydrogen-bond donors (Lipinski definition) is 1. The second kappa shape index (κ2) is 6.36. The molecule has 92 valence electrons. The highest BCUT2D eigenvalue weighted by Gasteiger charge is 2.13. The molecule has 0 fully saturated rings. The average molecular weight is 240 g/mol. The van der Waals surface area contributed by atoms with E-state index in [1.807, 2.05) is 11.3 Å². The Kier molecular flexibility index (Phi) is 5.42. The van der Waals surface area contributed by atoms with Crippen LogP contribution in [0, 0.1) is 19.8 Å². The van der Waals surface area contributed by atoms with Crippen LogP contribution in [0.1, 0.15) is 42.8 Å². The van der Waals surface area contributed by atoms with Crippen LogP contribution in [0.4, 0.5) is 0 Å². The molecule has 1 N–H and O–H groups in total. The Morgan fingerprint density at radius 3 is 2.44 bits per heavy atom. The lowest BCUT2D eigenvalue weighted by molar-refractivity contribution is 0.423. The Morgan fingerprint density at radius 2 is 2.00 bits per heavy atom. The SMILES string of the molecule is CCNC(Cc1nc(C)c(C)s1)CC(C)C. The molecule has 0 aliphatic carbocycles. The van der Waals surface area contributed by atoms with Crippen LogP contribution in [0.15, 0.2) is 0 Å². The summed E-state index contributed by atoms with van der Waals surface area (Å²) < 4.78 is 0. The van der Waals surface area contributed by atoms with Gasteiger partial charge in [-0.3, -0.25) is 0 Å². The first-order valence-electron chi connectivity index (χ1n) is 6.19. The minimum absolute atomic E-state index is 0.579. The number of aryl methyl sites for hydroxylation is 2. The van der Waals surface area contributed by atoms with Crippen molar-refractivity contribution in [1.82, 2.24) is 10.3 Å². The predicted molar refractivity (Wildman–Crippen MR) is 72.2 cm³/mol. The molecule has 0 saturated heterocycles. The molecule has 0 amide bonds. The third-order valence-corrected chi connectivity index (χ3v) is 3.84. The van der Waals surface area contributed by atoms with Gasteiger partial charge in [-0.2, -0.15) is 0 Å². The number of rotatable bonds is 6. The first-order valence-corrected chi connectivity index (χ1v) is 7.00. The van der Waals surface area contributed by atoms with E-state index in [9.17, 15) is 0 Å². The second-order valence-corrected chi connectivity index (χ2v) is 6.13. The van der Waals surface area contributed by atoms with E-state index in [-0.39, 0.29) is 0 Å². The molecule has 16 heavy (non-hydrogen) atoms. The van der Waals surface area contributed by atoms with Crippen LogP contribution in [0.5, 0.6) is 0 Å². The molecule has 0 radical (unpaired) electrons. The summed E-state index contributed by atoms with van der Waals surface area (Å²) in [6, 6.07) is 0.579. The number of likely N-dealkylation sites (N-methyl/N-ethyl adjacent to an activating group) is 1. The van der Waals surface area contributed by atoms with E-state index in [1.165, 1.54) is 22.0 Å². The Morgan fingerprint density at radius 1 is 1.31 bits per heavy atom. The van der Waals surface area contributed by atoms with E-state index < -0.39 is 0 Å². The fourth-order valence-corrected chi connectivity index (χ4v) is 2.95. The number of nitrogens with one attached hydrogen (secondary N) is 1. The van der Waals surface area contributed by atoms with Gasteiger partial charge >= 0.3 is 0 Å². The van der Waals surface area contributed by atoms with Gasteiger partial charge in [-0.05, 0) is 32.7 Å². The smallest absolute Gasteiger partial charge is 0.0946 e. The van der Waals surface area contributed by atoms with Crippen molar-refractivity contribution in [2.24, 2.45) is 5.92 Å². The summed E-state index contributed by atoms with van der Waals surface area (Å²) in [5.41, 5.74) is 1.19.